The molecule has 0 aliphatic heterocycles. The summed E-state index contributed by atoms with van der Waals surface area (Å²) < 4.78 is 0. The third-order valence-corrected chi connectivity index (χ3v) is 2.55. The fraction of sp³-hybridized carbons (Fsp3) is 1.00. The van der Waals surface area contributed by atoms with Crippen LogP contribution in [0.3, 0.4) is 0 Å². The highest BCUT2D eigenvalue weighted by Gasteiger charge is 2.07. The minimum absolute atomic E-state index is 0.297. The highest BCUT2D eigenvalue weighted by molar-refractivity contribution is 4.65. The fourth-order valence-corrected chi connectivity index (χ4v) is 1.41. The molecule has 0 aromatic carbocycles. The summed E-state index contributed by atoms with van der Waals surface area (Å²) in [5, 5.41) is 3.43. The van der Waals surface area contributed by atoms with E-state index < -0.39 is 0 Å². The van der Waals surface area contributed by atoms with Crippen LogP contribution in [-0.4, -0.2) is 62.8 Å². The maximum atomic E-state index is 5.64. The Bertz CT molecular complexity index is 123. The van der Waals surface area contributed by atoms with Crippen molar-refractivity contribution in [3.63, 3.8) is 0 Å². The van der Waals surface area contributed by atoms with Gasteiger partial charge >= 0.3 is 0 Å². The van der Waals surface area contributed by atoms with Gasteiger partial charge in [-0.05, 0) is 27.2 Å². The van der Waals surface area contributed by atoms with Gasteiger partial charge in [-0.1, -0.05) is 13.8 Å². The maximum absolute atomic E-state index is 5.64. The van der Waals surface area contributed by atoms with Crippen LogP contribution >= 0.6 is 0 Å². The van der Waals surface area contributed by atoms with Gasteiger partial charge in [0.2, 0.25) is 0 Å². The molecule has 0 spiro atoms. The summed E-state index contributed by atoms with van der Waals surface area (Å²) in [5.74, 6) is 0. The van der Waals surface area contributed by atoms with Crippen molar-refractivity contribution in [3.8, 4) is 0 Å². The van der Waals surface area contributed by atoms with Crippen molar-refractivity contribution in [1.29, 1.82) is 0 Å². The van der Waals surface area contributed by atoms with E-state index in [4.69, 9.17) is 5.73 Å². The van der Waals surface area contributed by atoms with Crippen LogP contribution in [-0.2, 0) is 0 Å². The van der Waals surface area contributed by atoms with E-state index in [-0.39, 0.29) is 0 Å². The lowest BCUT2D eigenvalue weighted by atomic mass is 10.4. The third kappa shape index (κ3) is 5.54. The van der Waals surface area contributed by atoms with Gasteiger partial charge in [0.25, 0.3) is 0 Å². The van der Waals surface area contributed by atoms with Gasteiger partial charge in [-0.2, -0.15) is 0 Å². The standard InChI is InChI=1S/C10H26N4/c1-5-14(6-2)8-7-12-10(9-11)13(3)4/h10,12H,5-9,11H2,1-4H3. The summed E-state index contributed by atoms with van der Waals surface area (Å²) in [6.45, 7) is 9.37. The monoisotopic (exact) mass is 202 g/mol. The molecule has 0 aliphatic rings. The molecule has 0 heterocycles. The summed E-state index contributed by atoms with van der Waals surface area (Å²) in [7, 11) is 4.09. The van der Waals surface area contributed by atoms with Crippen LogP contribution in [0.1, 0.15) is 13.8 Å². The highest BCUT2D eigenvalue weighted by Crippen LogP contribution is 1.87. The van der Waals surface area contributed by atoms with E-state index >= 15 is 0 Å². The van der Waals surface area contributed by atoms with E-state index in [0.29, 0.717) is 12.7 Å². The van der Waals surface area contributed by atoms with Crippen LogP contribution in [0.4, 0.5) is 0 Å². The van der Waals surface area contributed by atoms with Gasteiger partial charge in [-0.3, -0.25) is 10.2 Å². The molecule has 1 unspecified atom stereocenters. The lowest BCUT2D eigenvalue weighted by molar-refractivity contribution is 0.231. The quantitative estimate of drug-likeness (QED) is 0.534. The molecule has 0 bridgehead atoms. The van der Waals surface area contributed by atoms with Gasteiger partial charge in [0.05, 0.1) is 6.17 Å². The van der Waals surface area contributed by atoms with E-state index in [1.165, 1.54) is 0 Å². The Morgan fingerprint density at radius 3 is 2.14 bits per heavy atom. The molecule has 0 aromatic rings. The van der Waals surface area contributed by atoms with Crippen LogP contribution in [0.15, 0.2) is 0 Å². The molecule has 0 saturated carbocycles. The zero-order chi connectivity index (χ0) is 11.0. The minimum atomic E-state index is 0.297. The Balaban J connectivity index is 3.59. The van der Waals surface area contributed by atoms with Crippen LogP contribution < -0.4 is 11.1 Å². The van der Waals surface area contributed by atoms with Crippen molar-refractivity contribution in [2.45, 2.75) is 20.0 Å². The van der Waals surface area contributed by atoms with Crippen molar-refractivity contribution in [2.24, 2.45) is 5.73 Å². The van der Waals surface area contributed by atoms with Gasteiger partial charge in [0.1, 0.15) is 0 Å². The van der Waals surface area contributed by atoms with Crippen molar-refractivity contribution in [2.75, 3.05) is 46.8 Å². The Kier molecular flexibility index (Phi) is 8.08. The van der Waals surface area contributed by atoms with Crippen LogP contribution in [0.25, 0.3) is 0 Å². The normalized spacial score (nSPS) is 13.9. The second-order valence-corrected chi connectivity index (χ2v) is 3.70. The number of hydrogen-bond donors (Lipinski definition) is 2. The SMILES string of the molecule is CCN(CC)CCNC(CN)N(C)C. The molecular formula is C10H26N4. The Morgan fingerprint density at radius 1 is 1.21 bits per heavy atom. The highest BCUT2D eigenvalue weighted by atomic mass is 15.2. The predicted octanol–water partition coefficient (Wildman–Crippen LogP) is -0.236. The molecule has 0 rings (SSSR count). The van der Waals surface area contributed by atoms with Gasteiger partial charge in [0.15, 0.2) is 0 Å². The number of likely N-dealkylation sites (N-methyl/N-ethyl adjacent to an activating group) is 2. The molecule has 14 heavy (non-hydrogen) atoms. The number of nitrogens with zero attached hydrogens (tertiary/aromatic N) is 2. The molecule has 0 aromatic heterocycles. The fourth-order valence-electron chi connectivity index (χ4n) is 1.41. The molecule has 0 saturated heterocycles. The lowest BCUT2D eigenvalue weighted by Gasteiger charge is -2.26. The first-order valence-corrected chi connectivity index (χ1v) is 5.47. The number of rotatable bonds is 8. The molecule has 0 aliphatic carbocycles. The molecule has 4 heteroatoms. The van der Waals surface area contributed by atoms with E-state index in [1.807, 2.05) is 14.1 Å². The molecular weight excluding hydrogens is 176 g/mol. The summed E-state index contributed by atoms with van der Waals surface area (Å²) >= 11 is 0. The van der Waals surface area contributed by atoms with Crippen molar-refractivity contribution >= 4 is 0 Å². The first-order chi connectivity index (χ1) is 6.65. The van der Waals surface area contributed by atoms with Crippen molar-refractivity contribution in [3.05, 3.63) is 0 Å². The largest absolute Gasteiger partial charge is 0.328 e. The van der Waals surface area contributed by atoms with Crippen LogP contribution in [0, 0.1) is 0 Å². The van der Waals surface area contributed by atoms with Crippen molar-refractivity contribution < 1.29 is 0 Å². The Hall–Kier alpha value is -0.160. The Morgan fingerprint density at radius 2 is 1.79 bits per heavy atom. The number of hydrogen-bond acceptors (Lipinski definition) is 4. The second-order valence-electron chi connectivity index (χ2n) is 3.70. The first kappa shape index (κ1) is 13.8. The van der Waals surface area contributed by atoms with E-state index in [0.717, 1.165) is 26.2 Å². The summed E-state index contributed by atoms with van der Waals surface area (Å²) in [5.41, 5.74) is 5.64. The van der Waals surface area contributed by atoms with Crippen LogP contribution in [0.2, 0.25) is 0 Å². The average Bonchev–Trinajstić information content (AvgIpc) is 2.18. The molecule has 1 atom stereocenters. The zero-order valence-electron chi connectivity index (χ0n) is 10.1. The average molecular weight is 202 g/mol. The van der Waals surface area contributed by atoms with E-state index in [2.05, 4.69) is 29.0 Å². The zero-order valence-corrected chi connectivity index (χ0v) is 10.1. The predicted molar refractivity (Wildman–Crippen MR) is 62.3 cm³/mol. The summed E-state index contributed by atoms with van der Waals surface area (Å²) in [6.07, 6.45) is 0.297. The minimum Gasteiger partial charge on any atom is -0.328 e. The summed E-state index contributed by atoms with van der Waals surface area (Å²) in [6, 6.07) is 0. The molecule has 86 valence electrons. The molecule has 0 radical (unpaired) electrons. The topological polar surface area (TPSA) is 44.5 Å². The number of nitrogens with one attached hydrogen (secondary N) is 1. The second kappa shape index (κ2) is 8.17. The smallest absolute Gasteiger partial charge is 0.0719 e. The van der Waals surface area contributed by atoms with Gasteiger partial charge in [0, 0.05) is 19.6 Å². The van der Waals surface area contributed by atoms with Gasteiger partial charge in [-0.25, -0.2) is 0 Å². The van der Waals surface area contributed by atoms with Crippen molar-refractivity contribution in [1.82, 2.24) is 15.1 Å². The van der Waals surface area contributed by atoms with Gasteiger partial charge < -0.3 is 10.6 Å². The van der Waals surface area contributed by atoms with E-state index in [9.17, 15) is 0 Å². The van der Waals surface area contributed by atoms with E-state index in [1.54, 1.807) is 0 Å². The Labute approximate surface area is 88.4 Å². The molecule has 0 amide bonds. The van der Waals surface area contributed by atoms with Gasteiger partial charge in [-0.15, -0.1) is 0 Å². The number of nitrogens with two attached hydrogens (primary N) is 1. The maximum Gasteiger partial charge on any atom is 0.0719 e. The molecule has 0 fully saturated rings. The van der Waals surface area contributed by atoms with Crippen LogP contribution in [0.5, 0.6) is 0 Å². The molecule has 4 nitrogen and oxygen atoms in total. The first-order valence-electron chi connectivity index (χ1n) is 5.47. The molecule has 3 N–H and O–H groups in total. The summed E-state index contributed by atoms with van der Waals surface area (Å²) in [4.78, 5) is 4.51. The lowest BCUT2D eigenvalue weighted by Crippen LogP contribution is -2.48. The third-order valence-electron chi connectivity index (χ3n) is 2.55.